The van der Waals surface area contributed by atoms with Crippen LogP contribution in [0, 0.1) is 0 Å². The number of carbonyl (C=O) groups is 2. The monoisotopic (exact) mass is 269 g/mol. The second-order valence-electron chi connectivity index (χ2n) is 4.96. The van der Waals surface area contributed by atoms with E-state index in [4.69, 9.17) is 0 Å². The van der Waals surface area contributed by atoms with Crippen molar-refractivity contribution >= 4 is 11.8 Å². The zero-order valence-electron chi connectivity index (χ0n) is 12.4. The molecule has 1 saturated heterocycles. The molecule has 0 aromatic rings. The number of nitrogens with zero attached hydrogens (tertiary/aromatic N) is 2. The second kappa shape index (κ2) is 8.15. The van der Waals surface area contributed by atoms with Crippen molar-refractivity contribution in [1.29, 1.82) is 0 Å². The minimum atomic E-state index is -0.220. The first kappa shape index (κ1) is 16.0. The molecule has 1 fully saturated rings. The SMILES string of the molecule is CCN(CC)C(=O)C1CCCN1C(=O)CCCNC. The standard InChI is InChI=1S/C14H27N3O2/c1-4-16(5-2)14(19)12-8-7-11-17(12)13(18)9-6-10-15-3/h12,15H,4-11H2,1-3H3. The van der Waals surface area contributed by atoms with E-state index in [0.29, 0.717) is 19.5 Å². The average molecular weight is 269 g/mol. The summed E-state index contributed by atoms with van der Waals surface area (Å²) in [6.07, 6.45) is 3.11. The molecule has 1 atom stereocenters. The van der Waals surface area contributed by atoms with Crippen LogP contribution < -0.4 is 5.32 Å². The first-order valence-electron chi connectivity index (χ1n) is 7.38. The molecule has 0 saturated carbocycles. The van der Waals surface area contributed by atoms with E-state index in [1.54, 1.807) is 4.90 Å². The number of likely N-dealkylation sites (N-methyl/N-ethyl adjacent to an activating group) is 1. The van der Waals surface area contributed by atoms with Crippen LogP contribution in [0.15, 0.2) is 0 Å². The van der Waals surface area contributed by atoms with Gasteiger partial charge in [-0.25, -0.2) is 0 Å². The summed E-state index contributed by atoms with van der Waals surface area (Å²) in [6.45, 7) is 6.97. The maximum absolute atomic E-state index is 12.4. The van der Waals surface area contributed by atoms with Gasteiger partial charge < -0.3 is 15.1 Å². The molecule has 0 aromatic heterocycles. The highest BCUT2D eigenvalue weighted by molar-refractivity contribution is 5.88. The molecule has 1 N–H and O–H groups in total. The van der Waals surface area contributed by atoms with E-state index >= 15 is 0 Å². The van der Waals surface area contributed by atoms with Gasteiger partial charge in [-0.15, -0.1) is 0 Å². The fourth-order valence-electron chi connectivity index (χ4n) is 2.63. The zero-order valence-corrected chi connectivity index (χ0v) is 12.4. The molecule has 110 valence electrons. The van der Waals surface area contributed by atoms with Crippen molar-refractivity contribution in [3.8, 4) is 0 Å². The Morgan fingerprint density at radius 1 is 1.32 bits per heavy atom. The van der Waals surface area contributed by atoms with Crippen LogP contribution in [-0.2, 0) is 9.59 Å². The van der Waals surface area contributed by atoms with Gasteiger partial charge in [0.2, 0.25) is 11.8 Å². The molecule has 0 aromatic carbocycles. The van der Waals surface area contributed by atoms with Crippen molar-refractivity contribution in [3.63, 3.8) is 0 Å². The molecule has 2 amide bonds. The Balaban J connectivity index is 2.57. The number of rotatable bonds is 7. The van der Waals surface area contributed by atoms with Crippen molar-refractivity contribution < 1.29 is 9.59 Å². The van der Waals surface area contributed by atoms with E-state index in [-0.39, 0.29) is 17.9 Å². The van der Waals surface area contributed by atoms with E-state index in [1.807, 2.05) is 25.8 Å². The third kappa shape index (κ3) is 4.20. The van der Waals surface area contributed by atoms with Gasteiger partial charge in [-0.05, 0) is 46.7 Å². The third-order valence-electron chi connectivity index (χ3n) is 3.75. The minimum absolute atomic E-state index is 0.115. The largest absolute Gasteiger partial charge is 0.341 e. The fourth-order valence-corrected chi connectivity index (χ4v) is 2.63. The topological polar surface area (TPSA) is 52.7 Å². The maximum atomic E-state index is 12.4. The van der Waals surface area contributed by atoms with Gasteiger partial charge in [0.05, 0.1) is 0 Å². The minimum Gasteiger partial charge on any atom is -0.341 e. The number of amides is 2. The van der Waals surface area contributed by atoms with E-state index in [9.17, 15) is 9.59 Å². The number of carbonyl (C=O) groups excluding carboxylic acids is 2. The van der Waals surface area contributed by atoms with Crippen LogP contribution in [0.4, 0.5) is 0 Å². The predicted octanol–water partition coefficient (Wildman–Crippen LogP) is 0.845. The van der Waals surface area contributed by atoms with E-state index in [1.165, 1.54) is 0 Å². The van der Waals surface area contributed by atoms with Gasteiger partial charge in [0.1, 0.15) is 6.04 Å². The van der Waals surface area contributed by atoms with Crippen molar-refractivity contribution in [2.45, 2.75) is 45.6 Å². The number of nitrogens with one attached hydrogen (secondary N) is 1. The molecule has 5 heteroatoms. The normalized spacial score (nSPS) is 18.7. The lowest BCUT2D eigenvalue weighted by Gasteiger charge is -2.29. The van der Waals surface area contributed by atoms with Crippen LogP contribution >= 0.6 is 0 Å². The number of hydrogen-bond acceptors (Lipinski definition) is 3. The van der Waals surface area contributed by atoms with Gasteiger partial charge >= 0.3 is 0 Å². The molecule has 1 aliphatic rings. The van der Waals surface area contributed by atoms with Crippen LogP contribution in [0.1, 0.15) is 39.5 Å². The summed E-state index contributed by atoms with van der Waals surface area (Å²) >= 11 is 0. The lowest BCUT2D eigenvalue weighted by molar-refractivity contribution is -0.143. The Morgan fingerprint density at radius 2 is 2.00 bits per heavy atom. The van der Waals surface area contributed by atoms with E-state index in [0.717, 1.165) is 32.4 Å². The van der Waals surface area contributed by atoms with Gasteiger partial charge in [-0.1, -0.05) is 0 Å². The molecule has 0 bridgehead atoms. The first-order valence-corrected chi connectivity index (χ1v) is 7.38. The first-order chi connectivity index (χ1) is 9.15. The summed E-state index contributed by atoms with van der Waals surface area (Å²) in [6, 6.07) is -0.220. The van der Waals surface area contributed by atoms with Crippen molar-refractivity contribution in [1.82, 2.24) is 15.1 Å². The smallest absolute Gasteiger partial charge is 0.245 e. The van der Waals surface area contributed by atoms with Gasteiger partial charge in [-0.3, -0.25) is 9.59 Å². The molecule has 0 radical (unpaired) electrons. The van der Waals surface area contributed by atoms with E-state index < -0.39 is 0 Å². The number of hydrogen-bond donors (Lipinski definition) is 1. The van der Waals surface area contributed by atoms with Crippen LogP contribution in [0.2, 0.25) is 0 Å². The Kier molecular flexibility index (Phi) is 6.84. The molecule has 19 heavy (non-hydrogen) atoms. The maximum Gasteiger partial charge on any atom is 0.245 e. The third-order valence-corrected chi connectivity index (χ3v) is 3.75. The molecule has 1 heterocycles. The van der Waals surface area contributed by atoms with Crippen LogP contribution in [-0.4, -0.2) is 60.9 Å². The highest BCUT2D eigenvalue weighted by Gasteiger charge is 2.35. The summed E-state index contributed by atoms with van der Waals surface area (Å²) in [5, 5.41) is 3.04. The van der Waals surface area contributed by atoms with Crippen molar-refractivity contribution in [2.24, 2.45) is 0 Å². The average Bonchev–Trinajstić information content (AvgIpc) is 2.89. The summed E-state index contributed by atoms with van der Waals surface area (Å²) in [7, 11) is 1.88. The summed E-state index contributed by atoms with van der Waals surface area (Å²) in [5.41, 5.74) is 0. The highest BCUT2D eigenvalue weighted by atomic mass is 16.2. The molecular weight excluding hydrogens is 242 g/mol. The summed E-state index contributed by atoms with van der Waals surface area (Å²) in [4.78, 5) is 28.1. The lowest BCUT2D eigenvalue weighted by atomic mass is 10.1. The van der Waals surface area contributed by atoms with Gasteiger partial charge in [0, 0.05) is 26.1 Å². The molecule has 0 spiro atoms. The van der Waals surface area contributed by atoms with Crippen LogP contribution in [0.25, 0.3) is 0 Å². The Labute approximate surface area is 116 Å². The fraction of sp³-hybridized carbons (Fsp3) is 0.857. The number of likely N-dealkylation sites (tertiary alicyclic amines) is 1. The molecule has 1 unspecified atom stereocenters. The molecule has 5 nitrogen and oxygen atoms in total. The van der Waals surface area contributed by atoms with Crippen LogP contribution in [0.5, 0.6) is 0 Å². The Bertz CT molecular complexity index is 303. The van der Waals surface area contributed by atoms with E-state index in [2.05, 4.69) is 5.32 Å². The Hall–Kier alpha value is -1.10. The second-order valence-corrected chi connectivity index (χ2v) is 4.96. The van der Waals surface area contributed by atoms with Gasteiger partial charge in [0.15, 0.2) is 0 Å². The molecule has 1 rings (SSSR count). The lowest BCUT2D eigenvalue weighted by Crippen LogP contribution is -2.47. The molecular formula is C14H27N3O2. The van der Waals surface area contributed by atoms with Crippen molar-refractivity contribution in [2.75, 3.05) is 33.2 Å². The Morgan fingerprint density at radius 3 is 2.58 bits per heavy atom. The highest BCUT2D eigenvalue weighted by Crippen LogP contribution is 2.20. The molecule has 0 aliphatic carbocycles. The zero-order chi connectivity index (χ0) is 14.3. The van der Waals surface area contributed by atoms with Crippen molar-refractivity contribution in [3.05, 3.63) is 0 Å². The van der Waals surface area contributed by atoms with Gasteiger partial charge in [0.25, 0.3) is 0 Å². The van der Waals surface area contributed by atoms with Crippen LogP contribution in [0.3, 0.4) is 0 Å². The summed E-state index contributed by atoms with van der Waals surface area (Å²) < 4.78 is 0. The summed E-state index contributed by atoms with van der Waals surface area (Å²) in [5.74, 6) is 0.239. The molecule has 1 aliphatic heterocycles. The predicted molar refractivity (Wildman–Crippen MR) is 75.8 cm³/mol. The van der Waals surface area contributed by atoms with Gasteiger partial charge in [-0.2, -0.15) is 0 Å². The quantitative estimate of drug-likeness (QED) is 0.697.